The van der Waals surface area contributed by atoms with Crippen molar-refractivity contribution in [3.05, 3.63) is 95.2 Å². The molecule has 8 heteroatoms. The summed E-state index contributed by atoms with van der Waals surface area (Å²) in [6.45, 7) is 1.18. The predicted octanol–water partition coefficient (Wildman–Crippen LogP) is 5.35. The maximum Gasteiger partial charge on any atom is 0.141 e. The van der Waals surface area contributed by atoms with E-state index < -0.39 is 0 Å². The first kappa shape index (κ1) is 20.5. The van der Waals surface area contributed by atoms with Gasteiger partial charge in [0, 0.05) is 33.9 Å². The average Bonchev–Trinajstić information content (AvgIpc) is 3.52. The highest BCUT2D eigenvalue weighted by molar-refractivity contribution is 7.09. The zero-order chi connectivity index (χ0) is 22.9. The molecule has 0 saturated carbocycles. The summed E-state index contributed by atoms with van der Waals surface area (Å²) in [7, 11) is 0. The van der Waals surface area contributed by atoms with E-state index in [0.29, 0.717) is 6.54 Å². The van der Waals surface area contributed by atoms with E-state index in [1.807, 2.05) is 46.6 Å². The maximum absolute atomic E-state index is 5.73. The molecule has 0 bridgehead atoms. The zero-order valence-electron chi connectivity index (χ0n) is 18.2. The molecule has 6 rings (SSSR count). The number of fused-ring (bicyclic) bond motifs is 2. The van der Waals surface area contributed by atoms with Gasteiger partial charge in [-0.05, 0) is 35.9 Å². The second kappa shape index (κ2) is 8.66. The summed E-state index contributed by atoms with van der Waals surface area (Å²) in [5.74, 6) is 0.747. The Labute approximate surface area is 199 Å². The van der Waals surface area contributed by atoms with Crippen LogP contribution in [0.4, 0.5) is 11.5 Å². The Morgan fingerprint density at radius 3 is 2.74 bits per heavy atom. The number of aromatic nitrogens is 5. The Morgan fingerprint density at radius 2 is 1.88 bits per heavy atom. The summed E-state index contributed by atoms with van der Waals surface area (Å²) < 4.78 is 2.02. The monoisotopic (exact) mass is 463 g/mol. The number of hydrogen-bond donors (Lipinski definition) is 2. The third-order valence-electron chi connectivity index (χ3n) is 5.74. The van der Waals surface area contributed by atoms with Crippen LogP contribution in [0.1, 0.15) is 10.6 Å². The highest BCUT2D eigenvalue weighted by atomic mass is 32.1. The van der Waals surface area contributed by atoms with Gasteiger partial charge in [0.25, 0.3) is 0 Å². The first-order valence-corrected chi connectivity index (χ1v) is 11.8. The number of rotatable bonds is 6. The van der Waals surface area contributed by atoms with Gasteiger partial charge in [-0.15, -0.1) is 11.3 Å². The van der Waals surface area contributed by atoms with Crippen molar-refractivity contribution in [2.75, 3.05) is 5.32 Å². The molecule has 0 aliphatic rings. The molecule has 0 unspecified atom stereocenters. The lowest BCUT2D eigenvalue weighted by atomic mass is 10.1. The molecular weight excluding hydrogens is 442 g/mol. The van der Waals surface area contributed by atoms with E-state index in [9.17, 15) is 0 Å². The largest absolute Gasteiger partial charge is 0.340 e. The first-order chi connectivity index (χ1) is 16.8. The fourth-order valence-electron chi connectivity index (χ4n) is 4.04. The lowest BCUT2D eigenvalue weighted by molar-refractivity contribution is 0.712. The van der Waals surface area contributed by atoms with Gasteiger partial charge in [-0.2, -0.15) is 5.10 Å². The highest BCUT2D eigenvalue weighted by Crippen LogP contribution is 2.30. The van der Waals surface area contributed by atoms with E-state index in [2.05, 4.69) is 61.8 Å². The number of nitrogens with one attached hydrogen (secondary N) is 1. The lowest BCUT2D eigenvalue weighted by Gasteiger charge is -2.10. The minimum atomic E-state index is 0.443. The molecule has 0 spiro atoms. The van der Waals surface area contributed by atoms with Crippen LogP contribution in [0.2, 0.25) is 0 Å². The SMILES string of the molecule is NCc1nc(-c2ccc3ncnc(Nc4ccc5c(cnn5Cc5ccccc5)c4)c3c2)cs1. The van der Waals surface area contributed by atoms with E-state index >= 15 is 0 Å². The van der Waals surface area contributed by atoms with E-state index in [0.717, 1.165) is 56.1 Å². The predicted molar refractivity (Wildman–Crippen MR) is 137 cm³/mol. The van der Waals surface area contributed by atoms with Gasteiger partial charge in [-0.1, -0.05) is 36.4 Å². The summed E-state index contributed by atoms with van der Waals surface area (Å²) in [4.78, 5) is 13.6. The Morgan fingerprint density at radius 1 is 0.971 bits per heavy atom. The number of anilines is 2. The summed E-state index contributed by atoms with van der Waals surface area (Å²) in [6, 6.07) is 22.7. The fraction of sp³-hybridized carbons (Fsp3) is 0.0769. The Balaban J connectivity index is 1.32. The molecule has 3 aromatic carbocycles. The fourth-order valence-corrected chi connectivity index (χ4v) is 4.72. The summed E-state index contributed by atoms with van der Waals surface area (Å²) in [5.41, 5.74) is 11.8. The third-order valence-corrected chi connectivity index (χ3v) is 6.61. The number of hydrogen-bond acceptors (Lipinski definition) is 7. The van der Waals surface area contributed by atoms with Gasteiger partial charge in [0.2, 0.25) is 0 Å². The van der Waals surface area contributed by atoms with Crippen molar-refractivity contribution in [3.63, 3.8) is 0 Å². The van der Waals surface area contributed by atoms with Crippen LogP contribution in [0.5, 0.6) is 0 Å². The molecule has 0 atom stereocenters. The molecule has 0 aliphatic carbocycles. The van der Waals surface area contributed by atoms with Crippen LogP contribution in [-0.4, -0.2) is 24.7 Å². The average molecular weight is 464 g/mol. The summed E-state index contributed by atoms with van der Waals surface area (Å²) in [5, 5.41) is 13.0. The van der Waals surface area contributed by atoms with Gasteiger partial charge in [0.15, 0.2) is 0 Å². The standard InChI is InChI=1S/C26H21N7S/c27-12-25-32-23(15-34-25)18-6-8-22-21(11-18)26(29-16-28-22)31-20-7-9-24-19(10-20)13-30-33(24)14-17-4-2-1-3-5-17/h1-11,13,15-16H,12,14,27H2,(H,28,29,31). The molecule has 7 nitrogen and oxygen atoms in total. The van der Waals surface area contributed by atoms with Gasteiger partial charge in [0.05, 0.1) is 29.5 Å². The van der Waals surface area contributed by atoms with E-state index in [1.165, 1.54) is 5.56 Å². The second-order valence-corrected chi connectivity index (χ2v) is 8.91. The number of nitrogens with zero attached hydrogens (tertiary/aromatic N) is 5. The number of nitrogens with two attached hydrogens (primary N) is 1. The van der Waals surface area contributed by atoms with Gasteiger partial charge in [0.1, 0.15) is 17.2 Å². The molecule has 0 saturated heterocycles. The minimum Gasteiger partial charge on any atom is -0.340 e. The Bertz CT molecular complexity index is 1600. The van der Waals surface area contributed by atoms with E-state index in [1.54, 1.807) is 17.7 Å². The molecule has 0 radical (unpaired) electrons. The third kappa shape index (κ3) is 3.89. The van der Waals surface area contributed by atoms with E-state index in [-0.39, 0.29) is 0 Å². The van der Waals surface area contributed by atoms with Gasteiger partial charge in [-0.25, -0.2) is 15.0 Å². The normalized spacial score (nSPS) is 11.3. The zero-order valence-corrected chi connectivity index (χ0v) is 19.0. The molecule has 34 heavy (non-hydrogen) atoms. The van der Waals surface area contributed by atoms with Crippen molar-refractivity contribution in [1.82, 2.24) is 24.7 Å². The van der Waals surface area contributed by atoms with Crippen LogP contribution >= 0.6 is 11.3 Å². The van der Waals surface area contributed by atoms with Gasteiger partial charge in [-0.3, -0.25) is 4.68 Å². The molecule has 3 heterocycles. The number of benzene rings is 3. The highest BCUT2D eigenvalue weighted by Gasteiger charge is 2.10. The maximum atomic E-state index is 5.73. The minimum absolute atomic E-state index is 0.443. The number of thiazole rings is 1. The molecule has 3 aromatic heterocycles. The topological polar surface area (TPSA) is 94.5 Å². The van der Waals surface area contributed by atoms with Crippen LogP contribution in [0.15, 0.2) is 84.6 Å². The van der Waals surface area contributed by atoms with Crippen molar-refractivity contribution in [1.29, 1.82) is 0 Å². The Hall–Kier alpha value is -4.14. The van der Waals surface area contributed by atoms with Crippen molar-refractivity contribution in [2.24, 2.45) is 5.73 Å². The molecular formula is C26H21N7S. The summed E-state index contributed by atoms with van der Waals surface area (Å²) in [6.07, 6.45) is 3.48. The van der Waals surface area contributed by atoms with Crippen LogP contribution in [0, 0.1) is 0 Å². The van der Waals surface area contributed by atoms with Crippen LogP contribution in [0.3, 0.4) is 0 Å². The van der Waals surface area contributed by atoms with Gasteiger partial charge < -0.3 is 11.1 Å². The molecule has 166 valence electrons. The smallest absolute Gasteiger partial charge is 0.141 e. The molecule has 0 aliphatic heterocycles. The van der Waals surface area contributed by atoms with Crippen LogP contribution in [-0.2, 0) is 13.1 Å². The van der Waals surface area contributed by atoms with Crippen molar-refractivity contribution >= 4 is 44.6 Å². The van der Waals surface area contributed by atoms with Crippen LogP contribution in [0.25, 0.3) is 33.1 Å². The molecule has 6 aromatic rings. The summed E-state index contributed by atoms with van der Waals surface area (Å²) >= 11 is 1.57. The molecule has 0 fully saturated rings. The van der Waals surface area contributed by atoms with E-state index in [4.69, 9.17) is 5.73 Å². The second-order valence-electron chi connectivity index (χ2n) is 7.97. The first-order valence-electron chi connectivity index (χ1n) is 10.9. The quantitative estimate of drug-likeness (QED) is 0.346. The van der Waals surface area contributed by atoms with Crippen molar-refractivity contribution in [3.8, 4) is 11.3 Å². The van der Waals surface area contributed by atoms with Gasteiger partial charge >= 0.3 is 0 Å². The molecule has 0 amide bonds. The van der Waals surface area contributed by atoms with Crippen molar-refractivity contribution in [2.45, 2.75) is 13.1 Å². The van der Waals surface area contributed by atoms with Crippen LogP contribution < -0.4 is 11.1 Å². The molecule has 3 N–H and O–H groups in total. The lowest BCUT2D eigenvalue weighted by Crippen LogP contribution is -2.01. The van der Waals surface area contributed by atoms with Crippen molar-refractivity contribution < 1.29 is 0 Å². The Kier molecular flexibility index (Phi) is 5.21.